The SMILES string of the molecule is CC1(C)C2CCC1(C)C(NC(=O)Cn1ncc3c(=O)[nH]cnc31)C2. The van der Waals surface area contributed by atoms with Crippen LogP contribution in [-0.4, -0.2) is 31.7 Å². The van der Waals surface area contributed by atoms with Crippen molar-refractivity contribution in [3.05, 3.63) is 22.9 Å². The summed E-state index contributed by atoms with van der Waals surface area (Å²) in [5.74, 6) is 0.607. The number of rotatable bonds is 3. The summed E-state index contributed by atoms with van der Waals surface area (Å²) in [5.41, 5.74) is 0.606. The second-order valence-electron chi connectivity index (χ2n) is 8.00. The fourth-order valence-electron chi connectivity index (χ4n) is 4.82. The van der Waals surface area contributed by atoms with Gasteiger partial charge in [0, 0.05) is 6.04 Å². The lowest BCUT2D eigenvalue weighted by Gasteiger charge is -2.39. The largest absolute Gasteiger partial charge is 0.351 e. The zero-order chi connectivity index (χ0) is 17.1. The van der Waals surface area contributed by atoms with Crippen LogP contribution >= 0.6 is 0 Å². The lowest BCUT2D eigenvalue weighted by atomic mass is 9.69. The minimum atomic E-state index is -0.242. The maximum Gasteiger partial charge on any atom is 0.261 e. The fourth-order valence-corrected chi connectivity index (χ4v) is 4.82. The summed E-state index contributed by atoms with van der Waals surface area (Å²) < 4.78 is 1.49. The number of nitrogens with zero attached hydrogens (tertiary/aromatic N) is 3. The van der Waals surface area contributed by atoms with Crippen molar-refractivity contribution in [1.29, 1.82) is 0 Å². The number of hydrogen-bond donors (Lipinski definition) is 2. The van der Waals surface area contributed by atoms with Crippen LogP contribution in [0.2, 0.25) is 0 Å². The second kappa shape index (κ2) is 4.91. The Bertz CT molecular complexity index is 867. The molecule has 128 valence electrons. The zero-order valence-electron chi connectivity index (χ0n) is 14.3. The number of carbonyl (C=O) groups is 1. The number of H-pyrrole nitrogens is 1. The highest BCUT2D eigenvalue weighted by Gasteiger charge is 2.61. The van der Waals surface area contributed by atoms with Crippen molar-refractivity contribution in [3.8, 4) is 0 Å². The molecular formula is C17H23N5O2. The van der Waals surface area contributed by atoms with Crippen LogP contribution in [0.1, 0.15) is 40.0 Å². The zero-order valence-corrected chi connectivity index (χ0v) is 14.3. The predicted molar refractivity (Wildman–Crippen MR) is 89.3 cm³/mol. The van der Waals surface area contributed by atoms with Gasteiger partial charge in [0.15, 0.2) is 5.65 Å². The number of carbonyl (C=O) groups excluding carboxylic acids is 1. The molecule has 2 bridgehead atoms. The van der Waals surface area contributed by atoms with E-state index in [4.69, 9.17) is 0 Å². The monoisotopic (exact) mass is 329 g/mol. The summed E-state index contributed by atoms with van der Waals surface area (Å²) in [6.07, 6.45) is 6.26. The number of hydrogen-bond acceptors (Lipinski definition) is 4. The molecule has 0 saturated heterocycles. The van der Waals surface area contributed by atoms with Crippen molar-refractivity contribution in [1.82, 2.24) is 25.1 Å². The van der Waals surface area contributed by atoms with Crippen LogP contribution in [0, 0.1) is 16.7 Å². The van der Waals surface area contributed by atoms with E-state index in [1.165, 1.54) is 23.6 Å². The minimum absolute atomic E-state index is 0.0725. The van der Waals surface area contributed by atoms with Crippen molar-refractivity contribution < 1.29 is 4.79 Å². The Kier molecular flexibility index (Phi) is 3.14. The Balaban J connectivity index is 1.52. The normalized spacial score (nSPS) is 30.8. The average molecular weight is 329 g/mol. The minimum Gasteiger partial charge on any atom is -0.351 e. The first kappa shape index (κ1) is 15.4. The van der Waals surface area contributed by atoms with Gasteiger partial charge < -0.3 is 10.3 Å². The predicted octanol–water partition coefficient (Wildman–Crippen LogP) is 1.45. The maximum absolute atomic E-state index is 12.5. The van der Waals surface area contributed by atoms with E-state index >= 15 is 0 Å². The van der Waals surface area contributed by atoms with Crippen molar-refractivity contribution in [3.63, 3.8) is 0 Å². The van der Waals surface area contributed by atoms with Crippen molar-refractivity contribution in [2.24, 2.45) is 16.7 Å². The standard InChI is InChI=1S/C17H23N5O2/c1-16(2)10-4-5-17(16,3)12(6-10)21-13(23)8-22-14-11(7-20-22)15(24)19-9-18-14/h7,9-10,12H,4-6,8H2,1-3H3,(H,21,23)(H,18,19,24). The Morgan fingerprint density at radius 1 is 1.46 bits per heavy atom. The molecule has 0 aliphatic heterocycles. The molecule has 0 aromatic carbocycles. The summed E-state index contributed by atoms with van der Waals surface area (Å²) in [6.45, 7) is 7.04. The van der Waals surface area contributed by atoms with E-state index in [1.54, 1.807) is 0 Å². The summed E-state index contributed by atoms with van der Waals surface area (Å²) >= 11 is 0. The highest BCUT2D eigenvalue weighted by atomic mass is 16.2. The average Bonchev–Trinajstić information content (AvgIpc) is 3.08. The molecule has 7 heteroatoms. The van der Waals surface area contributed by atoms with Crippen LogP contribution in [0.5, 0.6) is 0 Å². The Hall–Kier alpha value is -2.18. The van der Waals surface area contributed by atoms with E-state index in [0.717, 1.165) is 12.8 Å². The number of aromatic amines is 1. The summed E-state index contributed by atoms with van der Waals surface area (Å²) in [5, 5.41) is 7.75. The van der Waals surface area contributed by atoms with Crippen LogP contribution in [0.25, 0.3) is 11.0 Å². The summed E-state index contributed by atoms with van der Waals surface area (Å²) in [7, 11) is 0. The van der Waals surface area contributed by atoms with Crippen LogP contribution < -0.4 is 10.9 Å². The van der Waals surface area contributed by atoms with Gasteiger partial charge >= 0.3 is 0 Å². The van der Waals surface area contributed by atoms with Crippen LogP contribution in [0.4, 0.5) is 0 Å². The first-order valence-corrected chi connectivity index (χ1v) is 8.51. The molecule has 3 atom stereocenters. The third kappa shape index (κ3) is 1.96. The van der Waals surface area contributed by atoms with Gasteiger partial charge in [-0.2, -0.15) is 5.10 Å². The van der Waals surface area contributed by atoms with Crippen LogP contribution in [-0.2, 0) is 11.3 Å². The summed E-state index contributed by atoms with van der Waals surface area (Å²) in [4.78, 5) is 30.9. The molecular weight excluding hydrogens is 306 g/mol. The first-order valence-electron chi connectivity index (χ1n) is 8.51. The highest BCUT2D eigenvalue weighted by Crippen LogP contribution is 2.65. The van der Waals surface area contributed by atoms with Crippen LogP contribution in [0.15, 0.2) is 17.3 Å². The van der Waals surface area contributed by atoms with E-state index in [9.17, 15) is 9.59 Å². The number of aromatic nitrogens is 4. The van der Waals surface area contributed by atoms with Crippen molar-refractivity contribution in [2.75, 3.05) is 0 Å². The van der Waals surface area contributed by atoms with E-state index < -0.39 is 0 Å². The van der Waals surface area contributed by atoms with E-state index in [-0.39, 0.29) is 34.9 Å². The molecule has 2 saturated carbocycles. The lowest BCUT2D eigenvalue weighted by Crippen LogP contribution is -2.47. The van der Waals surface area contributed by atoms with Gasteiger partial charge in [-0.1, -0.05) is 20.8 Å². The second-order valence-corrected chi connectivity index (χ2v) is 8.00. The number of amides is 1. The molecule has 0 spiro atoms. The molecule has 2 aliphatic rings. The maximum atomic E-state index is 12.5. The van der Waals surface area contributed by atoms with Gasteiger partial charge in [0.25, 0.3) is 5.56 Å². The molecule has 2 aromatic rings. The molecule has 2 N–H and O–H groups in total. The molecule has 2 heterocycles. The van der Waals surface area contributed by atoms with Crippen LogP contribution in [0.3, 0.4) is 0 Å². The van der Waals surface area contributed by atoms with Crippen molar-refractivity contribution in [2.45, 2.75) is 52.6 Å². The molecule has 2 aromatic heterocycles. The smallest absolute Gasteiger partial charge is 0.261 e. The molecule has 1 amide bonds. The Morgan fingerprint density at radius 3 is 2.92 bits per heavy atom. The summed E-state index contributed by atoms with van der Waals surface area (Å²) in [6, 6.07) is 0.205. The molecule has 2 fully saturated rings. The molecule has 0 radical (unpaired) electrons. The molecule has 2 aliphatic carbocycles. The van der Waals surface area contributed by atoms with E-state index in [1.807, 2.05) is 0 Å². The molecule has 4 rings (SSSR count). The highest BCUT2D eigenvalue weighted by molar-refractivity contribution is 5.79. The fraction of sp³-hybridized carbons (Fsp3) is 0.647. The van der Waals surface area contributed by atoms with Gasteiger partial charge in [0.1, 0.15) is 11.9 Å². The molecule has 7 nitrogen and oxygen atoms in total. The third-order valence-electron chi connectivity index (χ3n) is 6.86. The Morgan fingerprint density at radius 2 is 2.25 bits per heavy atom. The first-order chi connectivity index (χ1) is 11.3. The molecule has 3 unspecified atom stereocenters. The van der Waals surface area contributed by atoms with Gasteiger partial charge in [-0.25, -0.2) is 9.67 Å². The Labute approximate surface area is 139 Å². The molecule has 24 heavy (non-hydrogen) atoms. The van der Waals surface area contributed by atoms with Gasteiger partial charge in [-0.15, -0.1) is 0 Å². The van der Waals surface area contributed by atoms with Gasteiger partial charge in [0.05, 0.1) is 12.5 Å². The van der Waals surface area contributed by atoms with Gasteiger partial charge in [-0.3, -0.25) is 9.59 Å². The topological polar surface area (TPSA) is 92.7 Å². The number of nitrogens with one attached hydrogen (secondary N) is 2. The van der Waals surface area contributed by atoms with E-state index in [0.29, 0.717) is 17.0 Å². The third-order valence-corrected chi connectivity index (χ3v) is 6.86. The quantitative estimate of drug-likeness (QED) is 0.891. The van der Waals surface area contributed by atoms with Gasteiger partial charge in [-0.05, 0) is 36.0 Å². The van der Waals surface area contributed by atoms with Crippen molar-refractivity contribution >= 4 is 16.9 Å². The van der Waals surface area contributed by atoms with E-state index in [2.05, 4.69) is 41.2 Å². The number of fused-ring (bicyclic) bond motifs is 3. The van der Waals surface area contributed by atoms with Gasteiger partial charge in [0.2, 0.25) is 5.91 Å². The lowest BCUT2D eigenvalue weighted by molar-refractivity contribution is -0.123.